The number of hydrogen-bond acceptors (Lipinski definition) is 2. The van der Waals surface area contributed by atoms with Crippen LogP contribution < -0.4 is 5.32 Å². The summed E-state index contributed by atoms with van der Waals surface area (Å²) in [6, 6.07) is 0. The molecule has 1 atom stereocenters. The smallest absolute Gasteiger partial charge is 0.407 e. The van der Waals surface area contributed by atoms with Crippen LogP contribution in [0.3, 0.4) is 0 Å². The first-order chi connectivity index (χ1) is 10.8. The van der Waals surface area contributed by atoms with E-state index in [4.69, 9.17) is 4.74 Å². The number of ether oxygens (including phenoxy) is 1. The highest BCUT2D eigenvalue weighted by atomic mass is 16.5. The first-order valence-electron chi connectivity index (χ1n) is 9.73. The van der Waals surface area contributed by atoms with E-state index in [1.807, 2.05) is 0 Å². The molecule has 0 aliphatic rings. The molecule has 0 fully saturated rings. The Morgan fingerprint density at radius 3 is 2.04 bits per heavy atom. The highest BCUT2D eigenvalue weighted by Gasteiger charge is 2.17. The van der Waals surface area contributed by atoms with Gasteiger partial charge in [-0.2, -0.15) is 0 Å². The molecule has 1 N–H and O–H groups in total. The third kappa shape index (κ3) is 14.6. The van der Waals surface area contributed by atoms with Crippen LogP contribution in [0.2, 0.25) is 0 Å². The van der Waals surface area contributed by atoms with Crippen molar-refractivity contribution in [2.75, 3.05) is 13.2 Å². The van der Waals surface area contributed by atoms with Crippen molar-refractivity contribution in [1.82, 2.24) is 5.32 Å². The Morgan fingerprint density at radius 2 is 1.48 bits per heavy atom. The number of carbonyl (C=O) groups is 1. The van der Waals surface area contributed by atoms with Crippen LogP contribution in [-0.2, 0) is 4.74 Å². The van der Waals surface area contributed by atoms with Gasteiger partial charge in [-0.25, -0.2) is 4.79 Å². The van der Waals surface area contributed by atoms with Gasteiger partial charge < -0.3 is 10.1 Å². The molecule has 0 unspecified atom stereocenters. The largest absolute Gasteiger partial charge is 0.449 e. The molecular weight excluding hydrogens is 286 g/mol. The first kappa shape index (κ1) is 22.3. The summed E-state index contributed by atoms with van der Waals surface area (Å²) in [5.74, 6) is 2.47. The third-order valence-corrected chi connectivity index (χ3v) is 4.37. The first-order valence-corrected chi connectivity index (χ1v) is 9.73. The van der Waals surface area contributed by atoms with E-state index in [1.54, 1.807) is 0 Å². The van der Waals surface area contributed by atoms with Crippen LogP contribution in [-0.4, -0.2) is 19.2 Å². The van der Waals surface area contributed by atoms with Gasteiger partial charge in [-0.1, -0.05) is 73.6 Å². The van der Waals surface area contributed by atoms with Gasteiger partial charge in [0.15, 0.2) is 0 Å². The standard InChI is InChI=1S/C20H41NO2/c1-16(2)12-10-8-7-9-11-13-21-20(22)23-15-19(18(5)6)14-17(3)4/h16-19H,7-15H2,1-6H3,(H,21,22)/t19-/m0/s1. The minimum Gasteiger partial charge on any atom is -0.449 e. The summed E-state index contributed by atoms with van der Waals surface area (Å²) in [7, 11) is 0. The molecule has 3 nitrogen and oxygen atoms in total. The molecule has 0 saturated heterocycles. The van der Waals surface area contributed by atoms with E-state index in [-0.39, 0.29) is 6.09 Å². The SMILES string of the molecule is CC(C)CCCCCCCNC(=O)OC[C@H](CC(C)C)C(C)C. The topological polar surface area (TPSA) is 38.3 Å². The molecule has 0 saturated carbocycles. The average Bonchev–Trinajstić information content (AvgIpc) is 2.45. The number of rotatable bonds is 13. The summed E-state index contributed by atoms with van der Waals surface area (Å²) in [6.07, 6.45) is 8.36. The summed E-state index contributed by atoms with van der Waals surface area (Å²) >= 11 is 0. The lowest BCUT2D eigenvalue weighted by atomic mass is 9.88. The number of hydrogen-bond donors (Lipinski definition) is 1. The zero-order valence-electron chi connectivity index (χ0n) is 16.5. The van der Waals surface area contributed by atoms with Gasteiger partial charge in [-0.05, 0) is 36.5 Å². The third-order valence-electron chi connectivity index (χ3n) is 4.37. The number of nitrogens with one attached hydrogen (secondary N) is 1. The molecule has 3 heteroatoms. The Bertz CT molecular complexity index is 287. The maximum atomic E-state index is 11.7. The zero-order chi connectivity index (χ0) is 17.7. The van der Waals surface area contributed by atoms with Crippen LogP contribution in [0.1, 0.15) is 86.5 Å². The number of alkyl carbamates (subject to hydrolysis) is 1. The maximum absolute atomic E-state index is 11.7. The van der Waals surface area contributed by atoms with Crippen molar-refractivity contribution in [3.8, 4) is 0 Å². The number of carbonyl (C=O) groups excluding carboxylic acids is 1. The van der Waals surface area contributed by atoms with E-state index in [2.05, 4.69) is 46.9 Å². The molecule has 0 aromatic heterocycles. The molecule has 23 heavy (non-hydrogen) atoms. The summed E-state index contributed by atoms with van der Waals surface area (Å²) in [4.78, 5) is 11.7. The van der Waals surface area contributed by atoms with Crippen LogP contribution in [0.4, 0.5) is 4.79 Å². The highest BCUT2D eigenvalue weighted by molar-refractivity contribution is 5.67. The molecule has 0 heterocycles. The van der Waals surface area contributed by atoms with Crippen LogP contribution >= 0.6 is 0 Å². The Hall–Kier alpha value is -0.730. The van der Waals surface area contributed by atoms with E-state index >= 15 is 0 Å². The Morgan fingerprint density at radius 1 is 0.870 bits per heavy atom. The lowest BCUT2D eigenvalue weighted by molar-refractivity contribution is 0.107. The molecule has 0 aromatic rings. The fraction of sp³-hybridized carbons (Fsp3) is 0.950. The zero-order valence-corrected chi connectivity index (χ0v) is 16.5. The van der Waals surface area contributed by atoms with Gasteiger partial charge >= 0.3 is 6.09 Å². The fourth-order valence-corrected chi connectivity index (χ4v) is 2.77. The molecule has 0 aliphatic heterocycles. The van der Waals surface area contributed by atoms with Gasteiger partial charge in [0.05, 0.1) is 6.61 Å². The van der Waals surface area contributed by atoms with Crippen molar-refractivity contribution >= 4 is 6.09 Å². The molecule has 0 aromatic carbocycles. The predicted octanol–water partition coefficient (Wildman–Crippen LogP) is 6.03. The fourth-order valence-electron chi connectivity index (χ4n) is 2.77. The highest BCUT2D eigenvalue weighted by Crippen LogP contribution is 2.20. The molecule has 0 radical (unpaired) electrons. The van der Waals surface area contributed by atoms with Gasteiger partial charge in [0.25, 0.3) is 0 Å². The van der Waals surface area contributed by atoms with Crippen molar-refractivity contribution in [3.63, 3.8) is 0 Å². The Balaban J connectivity index is 3.59. The van der Waals surface area contributed by atoms with E-state index in [0.29, 0.717) is 24.4 Å². The summed E-state index contributed by atoms with van der Waals surface area (Å²) in [5.41, 5.74) is 0. The van der Waals surface area contributed by atoms with E-state index in [1.165, 1.54) is 32.1 Å². The summed E-state index contributed by atoms with van der Waals surface area (Å²) < 4.78 is 5.39. The molecule has 0 aliphatic carbocycles. The molecule has 1 amide bonds. The van der Waals surface area contributed by atoms with Crippen LogP contribution in [0.5, 0.6) is 0 Å². The van der Waals surface area contributed by atoms with Gasteiger partial charge in [-0.15, -0.1) is 0 Å². The second-order valence-electron chi connectivity index (χ2n) is 8.11. The quantitative estimate of drug-likeness (QED) is 0.420. The maximum Gasteiger partial charge on any atom is 0.407 e. The van der Waals surface area contributed by atoms with Crippen LogP contribution in [0, 0.1) is 23.7 Å². The van der Waals surface area contributed by atoms with Crippen molar-refractivity contribution in [3.05, 3.63) is 0 Å². The van der Waals surface area contributed by atoms with Gasteiger partial charge in [0.1, 0.15) is 0 Å². The minimum absolute atomic E-state index is 0.251. The molecule has 0 bridgehead atoms. The molecule has 0 rings (SSSR count). The van der Waals surface area contributed by atoms with Crippen LogP contribution in [0.25, 0.3) is 0 Å². The predicted molar refractivity (Wildman–Crippen MR) is 99.7 cm³/mol. The van der Waals surface area contributed by atoms with Crippen LogP contribution in [0.15, 0.2) is 0 Å². The average molecular weight is 328 g/mol. The van der Waals surface area contributed by atoms with Gasteiger partial charge in [-0.3, -0.25) is 0 Å². The van der Waals surface area contributed by atoms with Crippen molar-refractivity contribution in [2.45, 2.75) is 86.5 Å². The van der Waals surface area contributed by atoms with Crippen molar-refractivity contribution in [1.29, 1.82) is 0 Å². The lowest BCUT2D eigenvalue weighted by Gasteiger charge is -2.22. The molecule has 0 spiro atoms. The number of unbranched alkanes of at least 4 members (excludes halogenated alkanes) is 4. The van der Waals surface area contributed by atoms with Crippen molar-refractivity contribution < 1.29 is 9.53 Å². The van der Waals surface area contributed by atoms with Crippen molar-refractivity contribution in [2.24, 2.45) is 23.7 Å². The van der Waals surface area contributed by atoms with Gasteiger partial charge in [0, 0.05) is 6.54 Å². The number of amides is 1. The van der Waals surface area contributed by atoms with Gasteiger partial charge in [0.2, 0.25) is 0 Å². The second-order valence-corrected chi connectivity index (χ2v) is 8.11. The summed E-state index contributed by atoms with van der Waals surface area (Å²) in [6.45, 7) is 14.7. The lowest BCUT2D eigenvalue weighted by Crippen LogP contribution is -2.29. The summed E-state index contributed by atoms with van der Waals surface area (Å²) in [5, 5.41) is 2.88. The van der Waals surface area contributed by atoms with E-state index < -0.39 is 0 Å². The normalized spacial score (nSPS) is 12.9. The monoisotopic (exact) mass is 327 g/mol. The van der Waals surface area contributed by atoms with E-state index in [9.17, 15) is 4.79 Å². The Kier molecular flexibility index (Phi) is 13.3. The second kappa shape index (κ2) is 13.7. The molecular formula is C20H41NO2. The van der Waals surface area contributed by atoms with E-state index in [0.717, 1.165) is 25.3 Å². The minimum atomic E-state index is -0.251. The molecule has 138 valence electrons. The Labute approximate surface area is 144 Å².